The molecule has 0 bridgehead atoms. The van der Waals surface area contributed by atoms with Crippen LogP contribution in [-0.2, 0) is 11.2 Å². The maximum Gasteiger partial charge on any atom is 0.224 e. The Morgan fingerprint density at radius 1 is 1.14 bits per heavy atom. The second-order valence-electron chi connectivity index (χ2n) is 4.72. The maximum absolute atomic E-state index is 13.5. The first-order valence-corrected chi connectivity index (χ1v) is 6.99. The zero-order chi connectivity index (χ0) is 16.1. The van der Waals surface area contributed by atoms with Gasteiger partial charge in [-0.25, -0.2) is 8.78 Å². The summed E-state index contributed by atoms with van der Waals surface area (Å²) in [5.74, 6) is -2.11. The van der Waals surface area contributed by atoms with Gasteiger partial charge in [0.25, 0.3) is 0 Å². The van der Waals surface area contributed by atoms with E-state index in [0.29, 0.717) is 10.6 Å². The Kier molecular flexibility index (Phi) is 5.46. The standard InChI is InChI=1S/C16H14ClF2NO2/c17-11-5-2-1-4-10(11)8-15(22)20-9-14(21)16-12(18)6-3-7-13(16)19/h1-7,14,21H,8-9H2,(H,20,22). The van der Waals surface area contributed by atoms with Gasteiger partial charge >= 0.3 is 0 Å². The van der Waals surface area contributed by atoms with Gasteiger partial charge in [-0.1, -0.05) is 35.9 Å². The Labute approximate surface area is 131 Å². The van der Waals surface area contributed by atoms with Gasteiger partial charge in [-0.3, -0.25) is 4.79 Å². The Balaban J connectivity index is 1.95. The van der Waals surface area contributed by atoms with Crippen LogP contribution in [0.3, 0.4) is 0 Å². The molecule has 6 heteroatoms. The Hall–Kier alpha value is -1.98. The molecule has 22 heavy (non-hydrogen) atoms. The minimum Gasteiger partial charge on any atom is -0.386 e. The molecule has 2 rings (SSSR count). The SMILES string of the molecule is O=C(Cc1ccccc1Cl)NCC(O)c1c(F)cccc1F. The zero-order valence-electron chi connectivity index (χ0n) is 11.5. The first-order chi connectivity index (χ1) is 10.5. The quantitative estimate of drug-likeness (QED) is 0.888. The number of halogens is 3. The molecule has 1 unspecified atom stereocenters. The van der Waals surface area contributed by atoms with Crippen LogP contribution in [0, 0.1) is 11.6 Å². The molecule has 116 valence electrons. The Morgan fingerprint density at radius 2 is 1.77 bits per heavy atom. The fourth-order valence-corrected chi connectivity index (χ4v) is 2.22. The van der Waals surface area contributed by atoms with Gasteiger partial charge < -0.3 is 10.4 Å². The average molecular weight is 326 g/mol. The molecule has 0 saturated carbocycles. The van der Waals surface area contributed by atoms with Crippen LogP contribution in [-0.4, -0.2) is 17.6 Å². The van der Waals surface area contributed by atoms with E-state index in [1.165, 1.54) is 6.07 Å². The number of aliphatic hydroxyl groups is 1. The minimum absolute atomic E-state index is 0.0200. The van der Waals surface area contributed by atoms with E-state index in [0.717, 1.165) is 12.1 Å². The fraction of sp³-hybridized carbons (Fsp3) is 0.188. The van der Waals surface area contributed by atoms with Crippen molar-refractivity contribution in [1.29, 1.82) is 0 Å². The predicted octanol–water partition coefficient (Wildman–Crippen LogP) is 3.01. The molecule has 3 nitrogen and oxygen atoms in total. The number of rotatable bonds is 5. The lowest BCUT2D eigenvalue weighted by Gasteiger charge is -2.14. The van der Waals surface area contributed by atoms with Crippen LogP contribution >= 0.6 is 11.6 Å². The molecule has 0 aliphatic heterocycles. The van der Waals surface area contributed by atoms with Gasteiger partial charge in [-0.15, -0.1) is 0 Å². The molecule has 0 aliphatic carbocycles. The molecule has 0 spiro atoms. The number of carbonyl (C=O) groups is 1. The normalized spacial score (nSPS) is 12.0. The van der Waals surface area contributed by atoms with Gasteiger partial charge in [-0.2, -0.15) is 0 Å². The Bertz CT molecular complexity index is 659. The van der Waals surface area contributed by atoms with Crippen molar-refractivity contribution in [2.24, 2.45) is 0 Å². The highest BCUT2D eigenvalue weighted by molar-refractivity contribution is 6.31. The number of carbonyl (C=O) groups excluding carboxylic acids is 1. The molecular formula is C16H14ClF2NO2. The van der Waals surface area contributed by atoms with Crippen LogP contribution in [0.5, 0.6) is 0 Å². The maximum atomic E-state index is 13.5. The van der Waals surface area contributed by atoms with Gasteiger partial charge in [0.1, 0.15) is 17.7 Å². The summed E-state index contributed by atoms with van der Waals surface area (Å²) in [6, 6.07) is 10.2. The van der Waals surface area contributed by atoms with Gasteiger partial charge in [0.15, 0.2) is 0 Å². The Morgan fingerprint density at radius 3 is 2.41 bits per heavy atom. The molecule has 0 heterocycles. The third kappa shape index (κ3) is 4.02. The van der Waals surface area contributed by atoms with Crippen LogP contribution in [0.25, 0.3) is 0 Å². The largest absolute Gasteiger partial charge is 0.386 e. The number of nitrogens with one attached hydrogen (secondary N) is 1. The first-order valence-electron chi connectivity index (χ1n) is 6.61. The van der Waals surface area contributed by atoms with Gasteiger partial charge in [-0.05, 0) is 23.8 Å². The summed E-state index contributed by atoms with van der Waals surface area (Å²) >= 11 is 5.94. The molecule has 0 aliphatic rings. The summed E-state index contributed by atoms with van der Waals surface area (Å²) in [5.41, 5.74) is 0.175. The number of hydrogen-bond donors (Lipinski definition) is 2. The first kappa shape index (κ1) is 16.4. The van der Waals surface area contributed by atoms with Crippen molar-refractivity contribution in [3.8, 4) is 0 Å². The van der Waals surface area contributed by atoms with Crippen molar-refractivity contribution in [1.82, 2.24) is 5.32 Å². The van der Waals surface area contributed by atoms with Crippen molar-refractivity contribution in [3.63, 3.8) is 0 Å². The summed E-state index contributed by atoms with van der Waals surface area (Å²) in [7, 11) is 0. The lowest BCUT2D eigenvalue weighted by atomic mass is 10.1. The topological polar surface area (TPSA) is 49.3 Å². The van der Waals surface area contributed by atoms with Crippen molar-refractivity contribution < 1.29 is 18.7 Å². The second-order valence-corrected chi connectivity index (χ2v) is 5.13. The van der Waals surface area contributed by atoms with Crippen LogP contribution in [0.1, 0.15) is 17.2 Å². The van der Waals surface area contributed by atoms with Crippen molar-refractivity contribution >= 4 is 17.5 Å². The highest BCUT2D eigenvalue weighted by atomic mass is 35.5. The van der Waals surface area contributed by atoms with Crippen molar-refractivity contribution in [3.05, 3.63) is 70.2 Å². The summed E-state index contributed by atoms with van der Waals surface area (Å²) in [4.78, 5) is 11.8. The number of amides is 1. The number of benzene rings is 2. The molecule has 0 saturated heterocycles. The van der Waals surface area contributed by atoms with Crippen LogP contribution in [0.4, 0.5) is 8.78 Å². The lowest BCUT2D eigenvalue weighted by Crippen LogP contribution is -2.30. The number of hydrogen-bond acceptors (Lipinski definition) is 2. The smallest absolute Gasteiger partial charge is 0.224 e. The molecule has 0 radical (unpaired) electrons. The summed E-state index contributed by atoms with van der Waals surface area (Å²) < 4.78 is 27.0. The monoisotopic (exact) mass is 325 g/mol. The zero-order valence-corrected chi connectivity index (χ0v) is 12.3. The van der Waals surface area contributed by atoms with E-state index in [1.54, 1.807) is 24.3 Å². The highest BCUT2D eigenvalue weighted by Gasteiger charge is 2.18. The fourth-order valence-electron chi connectivity index (χ4n) is 2.02. The van der Waals surface area contributed by atoms with E-state index >= 15 is 0 Å². The molecule has 1 amide bonds. The highest BCUT2D eigenvalue weighted by Crippen LogP contribution is 2.20. The minimum atomic E-state index is -1.46. The molecule has 0 fully saturated rings. The van der Waals surface area contributed by atoms with Gasteiger partial charge in [0.2, 0.25) is 5.91 Å². The molecular weight excluding hydrogens is 312 g/mol. The molecule has 0 aromatic heterocycles. The van der Waals surface area contributed by atoms with Crippen molar-refractivity contribution in [2.75, 3.05) is 6.54 Å². The van der Waals surface area contributed by atoms with E-state index in [2.05, 4.69) is 5.32 Å². The number of aliphatic hydroxyl groups excluding tert-OH is 1. The third-order valence-corrected chi connectivity index (χ3v) is 3.50. The van der Waals surface area contributed by atoms with Crippen LogP contribution < -0.4 is 5.32 Å². The van der Waals surface area contributed by atoms with E-state index in [-0.39, 0.29) is 13.0 Å². The van der Waals surface area contributed by atoms with E-state index in [4.69, 9.17) is 11.6 Å². The van der Waals surface area contributed by atoms with E-state index < -0.39 is 29.2 Å². The van der Waals surface area contributed by atoms with Crippen molar-refractivity contribution in [2.45, 2.75) is 12.5 Å². The van der Waals surface area contributed by atoms with Crippen LogP contribution in [0.15, 0.2) is 42.5 Å². The third-order valence-electron chi connectivity index (χ3n) is 3.13. The van der Waals surface area contributed by atoms with Gasteiger partial charge in [0.05, 0.1) is 12.0 Å². The van der Waals surface area contributed by atoms with Crippen LogP contribution in [0.2, 0.25) is 5.02 Å². The molecule has 2 aromatic rings. The molecule has 2 N–H and O–H groups in total. The van der Waals surface area contributed by atoms with Gasteiger partial charge in [0, 0.05) is 11.6 Å². The summed E-state index contributed by atoms with van der Waals surface area (Å²) in [6.45, 7) is -0.291. The summed E-state index contributed by atoms with van der Waals surface area (Å²) in [6.07, 6.45) is -1.44. The molecule has 2 aromatic carbocycles. The lowest BCUT2D eigenvalue weighted by molar-refractivity contribution is -0.120. The predicted molar refractivity (Wildman–Crippen MR) is 79.5 cm³/mol. The summed E-state index contributed by atoms with van der Waals surface area (Å²) in [5, 5.41) is 12.7. The second kappa shape index (κ2) is 7.33. The van der Waals surface area contributed by atoms with E-state index in [1.807, 2.05) is 0 Å². The van der Waals surface area contributed by atoms with E-state index in [9.17, 15) is 18.7 Å². The molecule has 1 atom stereocenters. The average Bonchev–Trinajstić information content (AvgIpc) is 2.47.